The number of fused-ring (bicyclic) bond motifs is 1. The Morgan fingerprint density at radius 3 is 2.88 bits per heavy atom. The van der Waals surface area contributed by atoms with Crippen molar-refractivity contribution in [2.45, 2.75) is 38.3 Å². The highest BCUT2D eigenvalue weighted by molar-refractivity contribution is 5.44. The summed E-state index contributed by atoms with van der Waals surface area (Å²) >= 11 is 0. The lowest BCUT2D eigenvalue weighted by molar-refractivity contribution is 0.175. The van der Waals surface area contributed by atoms with E-state index < -0.39 is 0 Å². The zero-order chi connectivity index (χ0) is 11.8. The van der Waals surface area contributed by atoms with Gasteiger partial charge in [0, 0.05) is 11.6 Å². The second-order valence-corrected chi connectivity index (χ2v) is 5.12. The van der Waals surface area contributed by atoms with Crippen molar-refractivity contribution in [2.75, 3.05) is 6.61 Å². The number of benzene rings is 1. The molecule has 0 spiro atoms. The van der Waals surface area contributed by atoms with Crippen LogP contribution in [-0.2, 0) is 6.42 Å². The molecule has 1 unspecified atom stereocenters. The number of hydrogen-bond acceptors (Lipinski definition) is 3. The quantitative estimate of drug-likeness (QED) is 0.728. The number of aliphatic hydroxyl groups excluding tert-OH is 1. The predicted molar refractivity (Wildman–Crippen MR) is 63.5 cm³/mol. The van der Waals surface area contributed by atoms with Gasteiger partial charge in [-0.3, -0.25) is 0 Å². The zero-order valence-electron chi connectivity index (χ0n) is 9.83. The van der Waals surface area contributed by atoms with Crippen molar-refractivity contribution in [1.82, 2.24) is 5.32 Å². The SMILES string of the molecule is CC(C)(CO)NC1CCc2c(O)cccc21. The van der Waals surface area contributed by atoms with Crippen molar-refractivity contribution in [3.63, 3.8) is 0 Å². The topological polar surface area (TPSA) is 52.5 Å². The van der Waals surface area contributed by atoms with Gasteiger partial charge in [-0.15, -0.1) is 0 Å². The molecule has 3 heteroatoms. The molecule has 1 aliphatic carbocycles. The van der Waals surface area contributed by atoms with E-state index in [1.165, 1.54) is 5.56 Å². The van der Waals surface area contributed by atoms with Crippen LogP contribution in [0.4, 0.5) is 0 Å². The molecular weight excluding hydrogens is 202 g/mol. The van der Waals surface area contributed by atoms with E-state index in [0.717, 1.165) is 18.4 Å². The summed E-state index contributed by atoms with van der Waals surface area (Å²) in [6.45, 7) is 4.07. The smallest absolute Gasteiger partial charge is 0.119 e. The molecule has 0 aliphatic heterocycles. The normalized spacial score (nSPS) is 19.8. The van der Waals surface area contributed by atoms with Crippen molar-refractivity contribution >= 4 is 0 Å². The first kappa shape index (κ1) is 11.4. The minimum Gasteiger partial charge on any atom is -0.508 e. The number of phenols is 1. The van der Waals surface area contributed by atoms with E-state index in [-0.39, 0.29) is 18.2 Å². The molecule has 0 saturated carbocycles. The summed E-state index contributed by atoms with van der Waals surface area (Å²) in [5.41, 5.74) is 1.94. The first-order valence-corrected chi connectivity index (χ1v) is 5.73. The van der Waals surface area contributed by atoms with Gasteiger partial charge in [0.2, 0.25) is 0 Å². The first-order chi connectivity index (χ1) is 7.53. The Morgan fingerprint density at radius 1 is 1.44 bits per heavy atom. The van der Waals surface area contributed by atoms with E-state index >= 15 is 0 Å². The lowest BCUT2D eigenvalue weighted by Crippen LogP contribution is -2.44. The van der Waals surface area contributed by atoms with Crippen molar-refractivity contribution in [1.29, 1.82) is 0 Å². The average Bonchev–Trinajstić information content (AvgIpc) is 2.63. The Hall–Kier alpha value is -1.06. The van der Waals surface area contributed by atoms with E-state index in [9.17, 15) is 10.2 Å². The highest BCUT2D eigenvalue weighted by Gasteiger charge is 2.29. The fourth-order valence-electron chi connectivity index (χ4n) is 2.30. The van der Waals surface area contributed by atoms with Crippen molar-refractivity contribution in [3.05, 3.63) is 29.3 Å². The van der Waals surface area contributed by atoms with Crippen molar-refractivity contribution < 1.29 is 10.2 Å². The Kier molecular flexibility index (Phi) is 2.91. The molecule has 1 atom stereocenters. The van der Waals surface area contributed by atoms with E-state index in [1.54, 1.807) is 6.07 Å². The summed E-state index contributed by atoms with van der Waals surface area (Å²) in [7, 11) is 0. The molecule has 1 aliphatic rings. The second kappa shape index (κ2) is 4.07. The minimum atomic E-state index is -0.280. The molecular formula is C13H19NO2. The summed E-state index contributed by atoms with van der Waals surface area (Å²) in [5.74, 6) is 0.392. The molecule has 0 radical (unpaired) electrons. The Labute approximate surface area is 96.1 Å². The van der Waals surface area contributed by atoms with Gasteiger partial charge in [-0.2, -0.15) is 0 Å². The lowest BCUT2D eigenvalue weighted by atomic mass is 10.0. The van der Waals surface area contributed by atoms with Gasteiger partial charge in [0.15, 0.2) is 0 Å². The third-order valence-corrected chi connectivity index (χ3v) is 3.21. The lowest BCUT2D eigenvalue weighted by Gasteiger charge is -2.28. The molecule has 0 bridgehead atoms. The molecule has 0 heterocycles. The van der Waals surface area contributed by atoms with Crippen LogP contribution in [-0.4, -0.2) is 22.4 Å². The van der Waals surface area contributed by atoms with Gasteiger partial charge in [-0.25, -0.2) is 0 Å². The summed E-state index contributed by atoms with van der Waals surface area (Å²) in [6, 6.07) is 5.90. The monoisotopic (exact) mass is 221 g/mol. The third kappa shape index (κ3) is 2.06. The second-order valence-electron chi connectivity index (χ2n) is 5.12. The molecule has 0 saturated heterocycles. The summed E-state index contributed by atoms with van der Waals surface area (Å²) in [6.07, 6.45) is 1.89. The Bertz CT molecular complexity index is 388. The maximum absolute atomic E-state index is 9.73. The molecule has 2 rings (SSSR count). The minimum absolute atomic E-state index is 0.109. The Balaban J connectivity index is 2.21. The predicted octanol–water partition coefficient (Wildman–Crippen LogP) is 1.74. The van der Waals surface area contributed by atoms with Gasteiger partial charge in [0.1, 0.15) is 5.75 Å². The van der Waals surface area contributed by atoms with E-state index in [2.05, 4.69) is 5.32 Å². The van der Waals surface area contributed by atoms with Crippen LogP contribution in [0.3, 0.4) is 0 Å². The molecule has 3 nitrogen and oxygen atoms in total. The molecule has 1 aromatic rings. The number of rotatable bonds is 3. The third-order valence-electron chi connectivity index (χ3n) is 3.21. The van der Waals surface area contributed by atoms with Gasteiger partial charge in [-0.05, 0) is 43.9 Å². The number of aliphatic hydroxyl groups is 1. The molecule has 16 heavy (non-hydrogen) atoms. The van der Waals surface area contributed by atoms with Crippen LogP contribution in [0, 0.1) is 0 Å². The maximum Gasteiger partial charge on any atom is 0.119 e. The van der Waals surface area contributed by atoms with Gasteiger partial charge in [0.25, 0.3) is 0 Å². The number of nitrogens with one attached hydrogen (secondary N) is 1. The van der Waals surface area contributed by atoms with E-state index in [4.69, 9.17) is 0 Å². The summed E-state index contributed by atoms with van der Waals surface area (Å²) in [5, 5.41) is 22.4. The molecule has 0 amide bonds. The number of phenolic OH excluding ortho intramolecular Hbond substituents is 1. The molecule has 0 fully saturated rings. The summed E-state index contributed by atoms with van der Waals surface area (Å²) < 4.78 is 0. The van der Waals surface area contributed by atoms with Crippen LogP contribution in [0.25, 0.3) is 0 Å². The van der Waals surface area contributed by atoms with E-state index in [0.29, 0.717) is 5.75 Å². The average molecular weight is 221 g/mol. The summed E-state index contributed by atoms with van der Waals surface area (Å²) in [4.78, 5) is 0. The fourth-order valence-corrected chi connectivity index (χ4v) is 2.30. The molecule has 88 valence electrons. The fraction of sp³-hybridized carbons (Fsp3) is 0.538. The van der Waals surface area contributed by atoms with Crippen LogP contribution >= 0.6 is 0 Å². The van der Waals surface area contributed by atoms with Crippen molar-refractivity contribution in [3.8, 4) is 5.75 Å². The largest absolute Gasteiger partial charge is 0.508 e. The van der Waals surface area contributed by atoms with Crippen LogP contribution in [0.1, 0.15) is 37.4 Å². The van der Waals surface area contributed by atoms with Crippen LogP contribution in [0.5, 0.6) is 5.75 Å². The zero-order valence-corrected chi connectivity index (χ0v) is 9.83. The van der Waals surface area contributed by atoms with Crippen LogP contribution < -0.4 is 5.32 Å². The highest BCUT2D eigenvalue weighted by atomic mass is 16.3. The van der Waals surface area contributed by atoms with Crippen molar-refractivity contribution in [2.24, 2.45) is 0 Å². The Morgan fingerprint density at radius 2 is 2.19 bits per heavy atom. The van der Waals surface area contributed by atoms with Gasteiger partial charge in [-0.1, -0.05) is 12.1 Å². The van der Waals surface area contributed by atoms with Crippen LogP contribution in [0.15, 0.2) is 18.2 Å². The number of hydrogen-bond donors (Lipinski definition) is 3. The van der Waals surface area contributed by atoms with Gasteiger partial charge < -0.3 is 15.5 Å². The highest BCUT2D eigenvalue weighted by Crippen LogP contribution is 2.37. The van der Waals surface area contributed by atoms with E-state index in [1.807, 2.05) is 26.0 Å². The van der Waals surface area contributed by atoms with Gasteiger partial charge in [0.05, 0.1) is 6.61 Å². The molecule has 1 aromatic carbocycles. The number of aromatic hydroxyl groups is 1. The maximum atomic E-state index is 9.73. The molecule has 0 aromatic heterocycles. The standard InChI is InChI=1S/C13H19NO2/c1-13(2,8-15)14-11-7-6-10-9(11)4-3-5-12(10)16/h3-5,11,14-16H,6-8H2,1-2H3. The van der Waals surface area contributed by atoms with Gasteiger partial charge >= 0.3 is 0 Å². The van der Waals surface area contributed by atoms with Crippen LogP contribution in [0.2, 0.25) is 0 Å². The molecule has 3 N–H and O–H groups in total. The first-order valence-electron chi connectivity index (χ1n) is 5.73.